The molecular formula is C15H18N4O. The van der Waals surface area contributed by atoms with Crippen LogP contribution >= 0.6 is 0 Å². The Kier molecular flexibility index (Phi) is 3.78. The summed E-state index contributed by atoms with van der Waals surface area (Å²) in [6.07, 6.45) is 7.13. The monoisotopic (exact) mass is 270 g/mol. The van der Waals surface area contributed by atoms with Crippen molar-refractivity contribution in [2.24, 2.45) is 5.92 Å². The van der Waals surface area contributed by atoms with E-state index in [0.717, 1.165) is 37.3 Å². The summed E-state index contributed by atoms with van der Waals surface area (Å²) in [6.45, 7) is 1.84. The summed E-state index contributed by atoms with van der Waals surface area (Å²) >= 11 is 0. The number of para-hydroxylation sites is 2. The molecule has 2 heterocycles. The number of amides is 1. The second-order valence-corrected chi connectivity index (χ2v) is 5.00. The lowest BCUT2D eigenvalue weighted by atomic mass is 9.97. The van der Waals surface area contributed by atoms with Crippen LogP contribution < -0.4 is 10.6 Å². The Morgan fingerprint density at radius 3 is 2.85 bits per heavy atom. The summed E-state index contributed by atoms with van der Waals surface area (Å²) in [5.41, 5.74) is 1.77. The van der Waals surface area contributed by atoms with Crippen molar-refractivity contribution in [2.45, 2.75) is 12.8 Å². The van der Waals surface area contributed by atoms with Gasteiger partial charge in [0.1, 0.15) is 0 Å². The zero-order valence-corrected chi connectivity index (χ0v) is 11.2. The fourth-order valence-electron chi connectivity index (χ4n) is 2.53. The van der Waals surface area contributed by atoms with E-state index in [4.69, 9.17) is 0 Å². The Labute approximate surface area is 118 Å². The van der Waals surface area contributed by atoms with E-state index in [1.54, 1.807) is 12.5 Å². The highest BCUT2D eigenvalue weighted by Gasteiger charge is 2.21. The third-order valence-corrected chi connectivity index (χ3v) is 3.65. The minimum atomic E-state index is 0.104. The normalized spacial score (nSPS) is 16.0. The fraction of sp³-hybridized carbons (Fsp3) is 0.333. The number of hydrogen-bond donors (Lipinski definition) is 2. The van der Waals surface area contributed by atoms with Crippen LogP contribution in [-0.4, -0.2) is 28.5 Å². The molecule has 1 aromatic carbocycles. The van der Waals surface area contributed by atoms with E-state index in [1.165, 1.54) is 0 Å². The van der Waals surface area contributed by atoms with Crippen LogP contribution in [-0.2, 0) is 4.79 Å². The van der Waals surface area contributed by atoms with Crippen molar-refractivity contribution in [3.63, 3.8) is 0 Å². The summed E-state index contributed by atoms with van der Waals surface area (Å²) < 4.78 is 1.90. The molecule has 0 radical (unpaired) electrons. The Hall–Kier alpha value is -2.14. The average Bonchev–Trinajstić information content (AvgIpc) is 3.03. The van der Waals surface area contributed by atoms with E-state index >= 15 is 0 Å². The molecule has 0 bridgehead atoms. The SMILES string of the molecule is O=C(Nc1ccccc1-n1ccnc1)C1CCNCC1. The molecule has 5 heteroatoms. The first-order valence-corrected chi connectivity index (χ1v) is 6.93. The van der Waals surface area contributed by atoms with Crippen LogP contribution in [0, 0.1) is 5.92 Å². The van der Waals surface area contributed by atoms with Gasteiger partial charge in [0.2, 0.25) is 5.91 Å². The van der Waals surface area contributed by atoms with Crippen LogP contribution in [0.3, 0.4) is 0 Å². The van der Waals surface area contributed by atoms with E-state index < -0.39 is 0 Å². The molecule has 20 heavy (non-hydrogen) atoms. The highest BCUT2D eigenvalue weighted by molar-refractivity contribution is 5.94. The van der Waals surface area contributed by atoms with Gasteiger partial charge in [0.25, 0.3) is 0 Å². The van der Waals surface area contributed by atoms with Crippen molar-refractivity contribution in [3.8, 4) is 5.69 Å². The summed E-state index contributed by atoms with van der Waals surface area (Å²) in [5.74, 6) is 0.214. The molecule has 0 spiro atoms. The lowest BCUT2D eigenvalue weighted by molar-refractivity contribution is -0.120. The van der Waals surface area contributed by atoms with Crippen LogP contribution in [0.5, 0.6) is 0 Å². The molecule has 2 N–H and O–H groups in total. The maximum Gasteiger partial charge on any atom is 0.227 e. The van der Waals surface area contributed by atoms with Crippen LogP contribution in [0.2, 0.25) is 0 Å². The first-order valence-electron chi connectivity index (χ1n) is 6.93. The number of nitrogens with one attached hydrogen (secondary N) is 2. The van der Waals surface area contributed by atoms with Crippen molar-refractivity contribution in [3.05, 3.63) is 43.0 Å². The Morgan fingerprint density at radius 2 is 2.10 bits per heavy atom. The number of piperidine rings is 1. The molecule has 1 saturated heterocycles. The number of rotatable bonds is 3. The van der Waals surface area contributed by atoms with E-state index in [9.17, 15) is 4.79 Å². The summed E-state index contributed by atoms with van der Waals surface area (Å²) in [5, 5.41) is 6.33. The Bertz CT molecular complexity index is 573. The maximum atomic E-state index is 12.3. The fourth-order valence-corrected chi connectivity index (χ4v) is 2.53. The molecular weight excluding hydrogens is 252 g/mol. The highest BCUT2D eigenvalue weighted by Crippen LogP contribution is 2.22. The lowest BCUT2D eigenvalue weighted by Crippen LogP contribution is -2.34. The van der Waals surface area contributed by atoms with Crippen LogP contribution in [0.25, 0.3) is 5.69 Å². The van der Waals surface area contributed by atoms with Gasteiger partial charge in [-0.05, 0) is 38.1 Å². The quantitative estimate of drug-likeness (QED) is 0.894. The van der Waals surface area contributed by atoms with Crippen LogP contribution in [0.4, 0.5) is 5.69 Å². The second-order valence-electron chi connectivity index (χ2n) is 5.00. The topological polar surface area (TPSA) is 59.0 Å². The molecule has 2 aromatic rings. The van der Waals surface area contributed by atoms with Gasteiger partial charge >= 0.3 is 0 Å². The van der Waals surface area contributed by atoms with Gasteiger partial charge in [-0.1, -0.05) is 12.1 Å². The molecule has 5 nitrogen and oxygen atoms in total. The molecule has 0 unspecified atom stereocenters. The molecule has 0 aliphatic carbocycles. The zero-order chi connectivity index (χ0) is 13.8. The van der Waals surface area contributed by atoms with E-state index in [0.29, 0.717) is 0 Å². The number of carbonyl (C=O) groups is 1. The predicted molar refractivity (Wildman–Crippen MR) is 77.8 cm³/mol. The molecule has 1 amide bonds. The number of nitrogens with zero attached hydrogens (tertiary/aromatic N) is 2. The first kappa shape index (κ1) is 12.9. The number of aromatic nitrogens is 2. The molecule has 3 rings (SSSR count). The molecule has 1 aliphatic heterocycles. The number of imidazole rings is 1. The lowest BCUT2D eigenvalue weighted by Gasteiger charge is -2.22. The highest BCUT2D eigenvalue weighted by atomic mass is 16.1. The minimum Gasteiger partial charge on any atom is -0.324 e. The zero-order valence-electron chi connectivity index (χ0n) is 11.2. The van der Waals surface area contributed by atoms with Gasteiger partial charge in [-0.2, -0.15) is 0 Å². The van der Waals surface area contributed by atoms with Crippen molar-refractivity contribution in [1.29, 1.82) is 0 Å². The number of hydrogen-bond acceptors (Lipinski definition) is 3. The van der Waals surface area contributed by atoms with E-state index in [-0.39, 0.29) is 11.8 Å². The van der Waals surface area contributed by atoms with Gasteiger partial charge in [0, 0.05) is 18.3 Å². The third kappa shape index (κ3) is 2.72. The molecule has 104 valence electrons. The van der Waals surface area contributed by atoms with Crippen molar-refractivity contribution < 1.29 is 4.79 Å². The number of benzene rings is 1. The average molecular weight is 270 g/mol. The Morgan fingerprint density at radius 1 is 1.30 bits per heavy atom. The summed E-state index contributed by atoms with van der Waals surface area (Å²) in [4.78, 5) is 16.4. The number of carbonyl (C=O) groups excluding carboxylic acids is 1. The van der Waals surface area contributed by atoms with Crippen molar-refractivity contribution in [1.82, 2.24) is 14.9 Å². The van der Waals surface area contributed by atoms with Crippen molar-refractivity contribution >= 4 is 11.6 Å². The molecule has 0 atom stereocenters. The van der Waals surface area contributed by atoms with Gasteiger partial charge in [0.15, 0.2) is 0 Å². The van der Waals surface area contributed by atoms with Gasteiger partial charge in [0.05, 0.1) is 17.7 Å². The van der Waals surface area contributed by atoms with Gasteiger partial charge in [-0.3, -0.25) is 4.79 Å². The maximum absolute atomic E-state index is 12.3. The molecule has 1 aliphatic rings. The summed E-state index contributed by atoms with van der Waals surface area (Å²) in [7, 11) is 0. The predicted octanol–water partition coefficient (Wildman–Crippen LogP) is 1.81. The van der Waals surface area contributed by atoms with Gasteiger partial charge < -0.3 is 15.2 Å². The molecule has 1 aromatic heterocycles. The van der Waals surface area contributed by atoms with E-state index in [2.05, 4.69) is 15.6 Å². The van der Waals surface area contributed by atoms with Crippen molar-refractivity contribution in [2.75, 3.05) is 18.4 Å². The molecule has 1 fully saturated rings. The largest absolute Gasteiger partial charge is 0.324 e. The third-order valence-electron chi connectivity index (χ3n) is 3.65. The smallest absolute Gasteiger partial charge is 0.227 e. The molecule has 0 saturated carbocycles. The second kappa shape index (κ2) is 5.88. The standard InChI is InChI=1S/C15H18N4O/c20-15(12-5-7-16-8-6-12)18-13-3-1-2-4-14(13)19-10-9-17-11-19/h1-4,9-12,16H,5-8H2,(H,18,20). The minimum absolute atomic E-state index is 0.104. The first-order chi connectivity index (χ1) is 9.84. The van der Waals surface area contributed by atoms with Crippen LogP contribution in [0.1, 0.15) is 12.8 Å². The number of anilines is 1. The summed E-state index contributed by atoms with van der Waals surface area (Å²) in [6, 6.07) is 7.78. The van der Waals surface area contributed by atoms with Gasteiger partial charge in [-0.15, -0.1) is 0 Å². The van der Waals surface area contributed by atoms with Crippen LogP contribution in [0.15, 0.2) is 43.0 Å². The van der Waals surface area contributed by atoms with E-state index in [1.807, 2.05) is 35.0 Å². The van der Waals surface area contributed by atoms with Gasteiger partial charge in [-0.25, -0.2) is 4.98 Å². The Balaban J connectivity index is 1.79.